The molecule has 0 heterocycles. The van der Waals surface area contributed by atoms with E-state index in [9.17, 15) is 4.79 Å². The van der Waals surface area contributed by atoms with Gasteiger partial charge in [0.05, 0.1) is 5.56 Å². The highest BCUT2D eigenvalue weighted by Crippen LogP contribution is 2.21. The van der Waals surface area contributed by atoms with E-state index in [1.807, 2.05) is 0 Å². The van der Waals surface area contributed by atoms with Crippen LogP contribution in [0.5, 0.6) is 5.75 Å². The van der Waals surface area contributed by atoms with Crippen LogP contribution in [0.15, 0.2) is 18.2 Å². The quantitative estimate of drug-likeness (QED) is 0.303. The highest BCUT2D eigenvalue weighted by molar-refractivity contribution is 5.87. The van der Waals surface area contributed by atoms with Crippen molar-refractivity contribution < 1.29 is 9.53 Å². The zero-order valence-electron chi connectivity index (χ0n) is 6.28. The third-order valence-corrected chi connectivity index (χ3v) is 1.40. The van der Waals surface area contributed by atoms with Crippen molar-refractivity contribution in [2.75, 3.05) is 5.73 Å². The Kier molecular flexibility index (Phi) is 2.42. The molecule has 0 fully saturated rings. The number of hydrogen-bond donors (Lipinski definition) is 2. The number of carbonyl (C=O) groups excluding carboxylic acids is 1. The Hall–Kier alpha value is -1.84. The van der Waals surface area contributed by atoms with Crippen molar-refractivity contribution in [1.82, 2.24) is 0 Å². The van der Waals surface area contributed by atoms with Gasteiger partial charge in [-0.15, -0.1) is 0 Å². The number of ether oxygens (including phenoxy) is 1. The van der Waals surface area contributed by atoms with Gasteiger partial charge >= 0.3 is 0 Å². The summed E-state index contributed by atoms with van der Waals surface area (Å²) >= 11 is 0. The summed E-state index contributed by atoms with van der Waals surface area (Å²) in [5, 5.41) is 6.68. The number of nitrogens with two attached hydrogens (primary N) is 1. The Morgan fingerprint density at radius 1 is 1.50 bits per heavy atom. The van der Waals surface area contributed by atoms with Gasteiger partial charge in [-0.05, 0) is 12.1 Å². The first-order valence-electron chi connectivity index (χ1n) is 3.29. The SMILES string of the molecule is N=COc1cccc(N)c1C=O. The molecule has 0 bridgehead atoms. The van der Waals surface area contributed by atoms with E-state index in [1.54, 1.807) is 18.2 Å². The largest absolute Gasteiger partial charge is 0.446 e. The van der Waals surface area contributed by atoms with Crippen LogP contribution in [-0.4, -0.2) is 12.7 Å². The molecule has 0 atom stereocenters. The number of hydrogen-bond acceptors (Lipinski definition) is 4. The van der Waals surface area contributed by atoms with Gasteiger partial charge in [0.1, 0.15) is 5.75 Å². The molecule has 62 valence electrons. The summed E-state index contributed by atoms with van der Waals surface area (Å²) < 4.78 is 4.74. The van der Waals surface area contributed by atoms with Gasteiger partial charge in [-0.1, -0.05) is 6.07 Å². The molecule has 0 amide bonds. The van der Waals surface area contributed by atoms with Gasteiger partial charge in [0.25, 0.3) is 0 Å². The third-order valence-electron chi connectivity index (χ3n) is 1.40. The van der Waals surface area contributed by atoms with Crippen molar-refractivity contribution in [1.29, 1.82) is 5.41 Å². The minimum atomic E-state index is 0.279. The Morgan fingerprint density at radius 2 is 2.25 bits per heavy atom. The molecule has 0 aliphatic rings. The second-order valence-corrected chi connectivity index (χ2v) is 2.11. The number of nitrogen functional groups attached to an aromatic ring is 1. The molecule has 0 saturated heterocycles. The normalized spacial score (nSPS) is 9.00. The van der Waals surface area contributed by atoms with Crippen LogP contribution >= 0.6 is 0 Å². The number of carbonyl (C=O) groups is 1. The minimum Gasteiger partial charge on any atom is -0.446 e. The second kappa shape index (κ2) is 3.52. The highest BCUT2D eigenvalue weighted by atomic mass is 16.5. The zero-order chi connectivity index (χ0) is 8.97. The maximum absolute atomic E-state index is 10.5. The van der Waals surface area contributed by atoms with E-state index < -0.39 is 0 Å². The molecule has 0 aliphatic carbocycles. The molecule has 4 heteroatoms. The summed E-state index contributed by atoms with van der Waals surface area (Å²) in [6, 6.07) is 4.83. The van der Waals surface area contributed by atoms with Gasteiger partial charge in [-0.2, -0.15) is 0 Å². The summed E-state index contributed by atoms with van der Waals surface area (Å²) in [7, 11) is 0. The fourth-order valence-corrected chi connectivity index (χ4v) is 0.853. The monoisotopic (exact) mass is 164 g/mol. The van der Waals surface area contributed by atoms with Crippen molar-refractivity contribution in [3.63, 3.8) is 0 Å². The maximum Gasteiger partial charge on any atom is 0.173 e. The molecule has 1 rings (SSSR count). The zero-order valence-corrected chi connectivity index (χ0v) is 6.28. The maximum atomic E-state index is 10.5. The predicted octanol–water partition coefficient (Wildman–Crippen LogP) is 1.07. The Balaban J connectivity index is 3.17. The van der Waals surface area contributed by atoms with Gasteiger partial charge in [-0.25, -0.2) is 0 Å². The molecule has 1 aromatic rings. The van der Waals surface area contributed by atoms with E-state index >= 15 is 0 Å². The predicted molar refractivity (Wildman–Crippen MR) is 45.7 cm³/mol. The lowest BCUT2D eigenvalue weighted by Crippen LogP contribution is -1.97. The fraction of sp³-hybridized carbons (Fsp3) is 0. The lowest BCUT2D eigenvalue weighted by molar-refractivity contribution is 0.112. The Bertz CT molecular complexity index is 310. The van der Waals surface area contributed by atoms with Gasteiger partial charge in [0.15, 0.2) is 12.7 Å². The smallest absolute Gasteiger partial charge is 0.173 e. The Morgan fingerprint density at radius 3 is 2.83 bits per heavy atom. The molecule has 0 saturated carbocycles. The fourth-order valence-electron chi connectivity index (χ4n) is 0.853. The molecule has 0 unspecified atom stereocenters. The summed E-state index contributed by atoms with van der Waals surface area (Å²) in [5.41, 5.74) is 6.11. The second-order valence-electron chi connectivity index (χ2n) is 2.11. The van der Waals surface area contributed by atoms with E-state index in [0.29, 0.717) is 17.7 Å². The van der Waals surface area contributed by atoms with Crippen LogP contribution in [0.1, 0.15) is 10.4 Å². The minimum absolute atomic E-state index is 0.279. The number of benzene rings is 1. The molecule has 1 aromatic carbocycles. The first-order valence-corrected chi connectivity index (χ1v) is 3.29. The molecule has 4 nitrogen and oxygen atoms in total. The van der Waals surface area contributed by atoms with E-state index in [-0.39, 0.29) is 5.56 Å². The van der Waals surface area contributed by atoms with Crippen LogP contribution in [-0.2, 0) is 0 Å². The van der Waals surface area contributed by atoms with Crippen LogP contribution in [0, 0.1) is 5.41 Å². The average molecular weight is 164 g/mol. The standard InChI is InChI=1S/C8H8N2O2/c9-5-12-8-3-1-2-7(10)6(8)4-11/h1-5,9H,10H2. The summed E-state index contributed by atoms with van der Waals surface area (Å²) in [4.78, 5) is 10.5. The molecule has 0 spiro atoms. The van der Waals surface area contributed by atoms with Crippen LogP contribution in [0.2, 0.25) is 0 Å². The van der Waals surface area contributed by atoms with Crippen molar-refractivity contribution in [2.45, 2.75) is 0 Å². The van der Waals surface area contributed by atoms with Crippen LogP contribution in [0.3, 0.4) is 0 Å². The number of anilines is 1. The van der Waals surface area contributed by atoms with Crippen LogP contribution in [0.25, 0.3) is 0 Å². The van der Waals surface area contributed by atoms with Crippen LogP contribution in [0.4, 0.5) is 5.69 Å². The molecule has 0 radical (unpaired) electrons. The molecule has 12 heavy (non-hydrogen) atoms. The van der Waals surface area contributed by atoms with Gasteiger partial charge < -0.3 is 10.5 Å². The van der Waals surface area contributed by atoms with E-state index in [2.05, 4.69) is 0 Å². The number of nitrogens with one attached hydrogen (secondary N) is 1. The molecular weight excluding hydrogens is 156 g/mol. The Labute approximate surface area is 69.5 Å². The van der Waals surface area contributed by atoms with Crippen molar-refractivity contribution in [3.8, 4) is 5.75 Å². The number of aldehydes is 1. The summed E-state index contributed by atoms with van der Waals surface area (Å²) in [6.07, 6.45) is 1.36. The first kappa shape index (κ1) is 8.26. The lowest BCUT2D eigenvalue weighted by Gasteiger charge is -2.03. The first-order chi connectivity index (χ1) is 5.79. The molecule has 0 aromatic heterocycles. The molecular formula is C8H8N2O2. The number of rotatable bonds is 3. The topological polar surface area (TPSA) is 76.2 Å². The summed E-state index contributed by atoms with van der Waals surface area (Å²) in [6.45, 7) is 0. The van der Waals surface area contributed by atoms with Gasteiger partial charge in [-0.3, -0.25) is 10.2 Å². The van der Waals surface area contributed by atoms with Crippen molar-refractivity contribution in [3.05, 3.63) is 23.8 Å². The highest BCUT2D eigenvalue weighted by Gasteiger charge is 2.04. The van der Waals surface area contributed by atoms with E-state index in [0.717, 1.165) is 6.40 Å². The lowest BCUT2D eigenvalue weighted by atomic mass is 10.2. The van der Waals surface area contributed by atoms with Gasteiger partial charge in [0, 0.05) is 5.69 Å². The van der Waals surface area contributed by atoms with Gasteiger partial charge in [0.2, 0.25) is 0 Å². The molecule has 3 N–H and O–H groups in total. The van der Waals surface area contributed by atoms with E-state index in [4.69, 9.17) is 15.9 Å². The molecule has 0 aliphatic heterocycles. The third kappa shape index (κ3) is 1.42. The summed E-state index contributed by atoms with van der Waals surface area (Å²) in [5.74, 6) is 0.306. The van der Waals surface area contributed by atoms with Crippen molar-refractivity contribution >= 4 is 18.4 Å². The van der Waals surface area contributed by atoms with Crippen LogP contribution < -0.4 is 10.5 Å². The van der Waals surface area contributed by atoms with E-state index in [1.165, 1.54) is 0 Å². The average Bonchev–Trinajstić information content (AvgIpc) is 2.05. The van der Waals surface area contributed by atoms with Crippen molar-refractivity contribution in [2.24, 2.45) is 0 Å².